The molecule has 3 unspecified atom stereocenters. The Balaban J connectivity index is 1.87. The standard InChI is InChI=1S/C16H26ClN3/c1-4-18-10-16(8-12-5-6-13(16)7-12)9-14-15(17)11(2)19-20(14)3/h12-13,18H,4-10H2,1-3H3. The lowest BCUT2D eigenvalue weighted by molar-refractivity contribution is 0.154. The van der Waals surface area contributed by atoms with E-state index in [0.717, 1.165) is 42.1 Å². The predicted octanol–water partition coefficient (Wildman–Crippen LogP) is 3.34. The molecule has 0 aromatic carbocycles. The van der Waals surface area contributed by atoms with Crippen LogP contribution in [0.2, 0.25) is 5.02 Å². The topological polar surface area (TPSA) is 29.9 Å². The summed E-state index contributed by atoms with van der Waals surface area (Å²) in [5.41, 5.74) is 2.60. The molecule has 20 heavy (non-hydrogen) atoms. The van der Waals surface area contributed by atoms with Gasteiger partial charge < -0.3 is 5.32 Å². The van der Waals surface area contributed by atoms with Crippen LogP contribution in [0.15, 0.2) is 0 Å². The molecular formula is C16H26ClN3. The normalized spacial score (nSPS) is 32.2. The molecule has 1 aromatic heterocycles. The molecule has 3 nitrogen and oxygen atoms in total. The van der Waals surface area contributed by atoms with Crippen LogP contribution in [0.3, 0.4) is 0 Å². The molecule has 3 atom stereocenters. The number of fused-ring (bicyclic) bond motifs is 2. The number of aryl methyl sites for hydroxylation is 2. The van der Waals surface area contributed by atoms with E-state index in [2.05, 4.69) is 17.3 Å². The van der Waals surface area contributed by atoms with Gasteiger partial charge in [-0.15, -0.1) is 0 Å². The molecule has 3 rings (SSSR count). The minimum Gasteiger partial charge on any atom is -0.316 e. The van der Waals surface area contributed by atoms with E-state index in [4.69, 9.17) is 11.6 Å². The minimum absolute atomic E-state index is 0.406. The molecule has 2 bridgehead atoms. The molecule has 0 saturated heterocycles. The fourth-order valence-corrected chi connectivity index (χ4v) is 4.86. The average molecular weight is 296 g/mol. The Morgan fingerprint density at radius 2 is 2.25 bits per heavy atom. The van der Waals surface area contributed by atoms with Crippen molar-refractivity contribution in [3.63, 3.8) is 0 Å². The fourth-order valence-electron chi connectivity index (χ4n) is 4.63. The van der Waals surface area contributed by atoms with E-state index in [0.29, 0.717) is 5.41 Å². The molecule has 0 radical (unpaired) electrons. The molecule has 2 fully saturated rings. The molecule has 112 valence electrons. The summed E-state index contributed by atoms with van der Waals surface area (Å²) in [6.07, 6.45) is 6.73. The van der Waals surface area contributed by atoms with E-state index in [-0.39, 0.29) is 0 Å². The first-order valence-electron chi connectivity index (χ1n) is 7.94. The van der Waals surface area contributed by atoms with Gasteiger partial charge in [0, 0.05) is 13.6 Å². The lowest BCUT2D eigenvalue weighted by atomic mass is 9.70. The van der Waals surface area contributed by atoms with E-state index >= 15 is 0 Å². The van der Waals surface area contributed by atoms with Crippen molar-refractivity contribution < 1.29 is 0 Å². The molecule has 1 N–H and O–H groups in total. The number of nitrogens with zero attached hydrogens (tertiary/aromatic N) is 2. The average Bonchev–Trinajstić information content (AvgIpc) is 3.07. The summed E-state index contributed by atoms with van der Waals surface area (Å²) in [7, 11) is 2.03. The van der Waals surface area contributed by atoms with Crippen LogP contribution in [0.1, 0.15) is 44.0 Å². The van der Waals surface area contributed by atoms with Crippen LogP contribution in [-0.2, 0) is 13.5 Å². The maximum Gasteiger partial charge on any atom is 0.0847 e. The van der Waals surface area contributed by atoms with Crippen molar-refractivity contribution >= 4 is 11.6 Å². The first-order valence-corrected chi connectivity index (χ1v) is 8.32. The van der Waals surface area contributed by atoms with Crippen molar-refractivity contribution in [3.8, 4) is 0 Å². The molecule has 2 aliphatic carbocycles. The second-order valence-electron chi connectivity index (χ2n) is 6.87. The van der Waals surface area contributed by atoms with Crippen LogP contribution >= 0.6 is 11.6 Å². The number of nitrogens with one attached hydrogen (secondary N) is 1. The zero-order chi connectivity index (χ0) is 14.3. The Bertz CT molecular complexity index is 496. The first-order chi connectivity index (χ1) is 9.55. The predicted molar refractivity (Wildman–Crippen MR) is 83.1 cm³/mol. The van der Waals surface area contributed by atoms with Gasteiger partial charge in [-0.05, 0) is 56.4 Å². The van der Waals surface area contributed by atoms with E-state index < -0.39 is 0 Å². The highest BCUT2D eigenvalue weighted by molar-refractivity contribution is 6.31. The third kappa shape index (κ3) is 2.29. The van der Waals surface area contributed by atoms with Crippen molar-refractivity contribution in [1.82, 2.24) is 15.1 Å². The zero-order valence-electron chi connectivity index (χ0n) is 12.9. The van der Waals surface area contributed by atoms with Crippen LogP contribution < -0.4 is 5.32 Å². The second kappa shape index (κ2) is 5.34. The highest BCUT2D eigenvalue weighted by Crippen LogP contribution is 2.57. The Hall–Kier alpha value is -0.540. The maximum atomic E-state index is 6.49. The lowest BCUT2D eigenvalue weighted by Crippen LogP contribution is -2.41. The summed E-state index contributed by atoms with van der Waals surface area (Å²) in [5, 5.41) is 8.98. The van der Waals surface area contributed by atoms with Crippen LogP contribution in [0.5, 0.6) is 0 Å². The quantitative estimate of drug-likeness (QED) is 0.903. The van der Waals surface area contributed by atoms with Gasteiger partial charge in [-0.3, -0.25) is 4.68 Å². The minimum atomic E-state index is 0.406. The van der Waals surface area contributed by atoms with E-state index in [9.17, 15) is 0 Å². The highest BCUT2D eigenvalue weighted by atomic mass is 35.5. The van der Waals surface area contributed by atoms with Crippen molar-refractivity contribution in [1.29, 1.82) is 0 Å². The van der Waals surface area contributed by atoms with E-state index in [1.165, 1.54) is 31.4 Å². The maximum absolute atomic E-state index is 6.49. The summed E-state index contributed by atoms with van der Waals surface area (Å²) in [5.74, 6) is 1.82. The van der Waals surface area contributed by atoms with Gasteiger partial charge in [0.1, 0.15) is 0 Å². The second-order valence-corrected chi connectivity index (χ2v) is 7.25. The van der Waals surface area contributed by atoms with Crippen molar-refractivity contribution in [2.24, 2.45) is 24.3 Å². The Kier molecular flexibility index (Phi) is 3.85. The summed E-state index contributed by atoms with van der Waals surface area (Å²) < 4.78 is 2.00. The number of halogens is 1. The van der Waals surface area contributed by atoms with Gasteiger partial charge in [-0.2, -0.15) is 5.10 Å². The number of aromatic nitrogens is 2. The van der Waals surface area contributed by atoms with Gasteiger partial charge in [0.25, 0.3) is 0 Å². The molecule has 0 aliphatic heterocycles. The van der Waals surface area contributed by atoms with Crippen LogP contribution in [0.25, 0.3) is 0 Å². The van der Waals surface area contributed by atoms with E-state index in [1.807, 2.05) is 18.7 Å². The third-order valence-corrected chi connectivity index (χ3v) is 6.10. The molecule has 2 saturated carbocycles. The molecule has 0 spiro atoms. The Morgan fingerprint density at radius 1 is 1.45 bits per heavy atom. The van der Waals surface area contributed by atoms with Gasteiger partial charge in [0.05, 0.1) is 16.4 Å². The molecule has 4 heteroatoms. The van der Waals surface area contributed by atoms with Crippen molar-refractivity contribution in [2.75, 3.05) is 13.1 Å². The number of rotatable bonds is 5. The largest absolute Gasteiger partial charge is 0.316 e. The van der Waals surface area contributed by atoms with Crippen molar-refractivity contribution in [3.05, 3.63) is 16.4 Å². The lowest BCUT2D eigenvalue weighted by Gasteiger charge is -2.38. The van der Waals surface area contributed by atoms with Crippen LogP contribution in [-0.4, -0.2) is 22.9 Å². The van der Waals surface area contributed by atoms with Gasteiger partial charge in [-0.1, -0.05) is 24.9 Å². The molecule has 2 aliphatic rings. The van der Waals surface area contributed by atoms with E-state index in [1.54, 1.807) is 0 Å². The smallest absolute Gasteiger partial charge is 0.0847 e. The summed E-state index contributed by atoms with van der Waals surface area (Å²) in [4.78, 5) is 0. The van der Waals surface area contributed by atoms with Gasteiger partial charge >= 0.3 is 0 Å². The summed E-state index contributed by atoms with van der Waals surface area (Å²) in [6.45, 7) is 6.38. The SMILES string of the molecule is CCNCC1(Cc2c(Cl)c(C)nn2C)CC2CCC1C2. The molecule has 1 heterocycles. The Labute approximate surface area is 127 Å². The molecular weight excluding hydrogens is 270 g/mol. The number of hydrogen-bond acceptors (Lipinski definition) is 2. The summed E-state index contributed by atoms with van der Waals surface area (Å²) >= 11 is 6.49. The monoisotopic (exact) mass is 295 g/mol. The zero-order valence-corrected chi connectivity index (χ0v) is 13.6. The van der Waals surface area contributed by atoms with Gasteiger partial charge in [-0.25, -0.2) is 0 Å². The van der Waals surface area contributed by atoms with Gasteiger partial charge in [0.15, 0.2) is 0 Å². The van der Waals surface area contributed by atoms with Crippen molar-refractivity contribution in [2.45, 2.75) is 46.0 Å². The van der Waals surface area contributed by atoms with Gasteiger partial charge in [0.2, 0.25) is 0 Å². The van der Waals surface area contributed by atoms with Crippen LogP contribution in [0.4, 0.5) is 0 Å². The van der Waals surface area contributed by atoms with Crippen LogP contribution in [0, 0.1) is 24.2 Å². The highest BCUT2D eigenvalue weighted by Gasteiger charge is 2.50. The molecule has 0 amide bonds. The fraction of sp³-hybridized carbons (Fsp3) is 0.812. The summed E-state index contributed by atoms with van der Waals surface area (Å²) in [6, 6.07) is 0. The molecule has 1 aromatic rings. The number of hydrogen-bond donors (Lipinski definition) is 1. The Morgan fingerprint density at radius 3 is 2.75 bits per heavy atom. The first kappa shape index (κ1) is 14.4. The third-order valence-electron chi connectivity index (χ3n) is 5.61.